The Morgan fingerprint density at radius 3 is 2.19 bits per heavy atom. The lowest BCUT2D eigenvalue weighted by Gasteiger charge is -2.29. The molecule has 112 valence electrons. The van der Waals surface area contributed by atoms with Crippen LogP contribution in [0.2, 0.25) is 0 Å². The molecule has 1 N–H and O–H groups in total. The summed E-state index contributed by atoms with van der Waals surface area (Å²) in [4.78, 5) is 9.18. The van der Waals surface area contributed by atoms with Crippen molar-refractivity contribution in [1.82, 2.24) is 9.97 Å². The van der Waals surface area contributed by atoms with E-state index in [1.807, 2.05) is 51.1 Å². The van der Waals surface area contributed by atoms with Gasteiger partial charge in [-0.1, -0.05) is 43.7 Å². The van der Waals surface area contributed by atoms with Crippen molar-refractivity contribution in [3.05, 3.63) is 58.7 Å². The molecular formula is C18H24N2O. The van der Waals surface area contributed by atoms with E-state index >= 15 is 0 Å². The molecule has 0 saturated heterocycles. The van der Waals surface area contributed by atoms with Crippen LogP contribution < -0.4 is 0 Å². The predicted molar refractivity (Wildman–Crippen MR) is 85.2 cm³/mol. The van der Waals surface area contributed by atoms with Crippen molar-refractivity contribution >= 4 is 0 Å². The van der Waals surface area contributed by atoms with Crippen molar-refractivity contribution in [3.8, 4) is 0 Å². The third-order valence-corrected chi connectivity index (χ3v) is 4.01. The van der Waals surface area contributed by atoms with Gasteiger partial charge in [-0.15, -0.1) is 0 Å². The Balaban J connectivity index is 2.39. The molecule has 0 radical (unpaired) electrons. The molecule has 0 amide bonds. The Kier molecular flexibility index (Phi) is 4.73. The lowest BCUT2D eigenvalue weighted by Crippen LogP contribution is -2.29. The van der Waals surface area contributed by atoms with Crippen LogP contribution in [0.5, 0.6) is 0 Å². The lowest BCUT2D eigenvalue weighted by molar-refractivity contribution is 0.0256. The van der Waals surface area contributed by atoms with Crippen molar-refractivity contribution in [2.24, 2.45) is 0 Å². The van der Waals surface area contributed by atoms with Gasteiger partial charge in [0.25, 0.3) is 0 Å². The van der Waals surface area contributed by atoms with Gasteiger partial charge >= 0.3 is 0 Å². The highest BCUT2D eigenvalue weighted by Gasteiger charge is 2.30. The number of aliphatic hydroxyl groups is 1. The van der Waals surface area contributed by atoms with Gasteiger partial charge in [-0.05, 0) is 32.8 Å². The normalized spacial score (nSPS) is 14.0. The minimum atomic E-state index is -0.878. The summed E-state index contributed by atoms with van der Waals surface area (Å²) in [5.41, 5.74) is 3.75. The second-order valence-corrected chi connectivity index (χ2v) is 5.75. The van der Waals surface area contributed by atoms with E-state index in [4.69, 9.17) is 0 Å². The van der Waals surface area contributed by atoms with Gasteiger partial charge in [0.05, 0.1) is 28.4 Å². The van der Waals surface area contributed by atoms with Crippen LogP contribution in [0.15, 0.2) is 30.3 Å². The number of aromatic nitrogens is 2. The Bertz CT molecular complexity index is 610. The van der Waals surface area contributed by atoms with Crippen LogP contribution in [0.4, 0.5) is 0 Å². The van der Waals surface area contributed by atoms with Gasteiger partial charge in [-0.25, -0.2) is 0 Å². The van der Waals surface area contributed by atoms with E-state index in [9.17, 15) is 5.11 Å². The molecule has 1 aromatic carbocycles. The Labute approximate surface area is 127 Å². The first-order valence-electron chi connectivity index (χ1n) is 7.55. The quantitative estimate of drug-likeness (QED) is 0.912. The molecular weight excluding hydrogens is 260 g/mol. The largest absolute Gasteiger partial charge is 0.385 e. The summed E-state index contributed by atoms with van der Waals surface area (Å²) in [6.45, 7) is 7.99. The van der Waals surface area contributed by atoms with Crippen LogP contribution in [0.3, 0.4) is 0 Å². The minimum Gasteiger partial charge on any atom is -0.385 e. The first kappa shape index (κ1) is 15.6. The molecule has 1 unspecified atom stereocenters. The second-order valence-electron chi connectivity index (χ2n) is 5.75. The molecule has 1 atom stereocenters. The first-order valence-corrected chi connectivity index (χ1v) is 7.55. The highest BCUT2D eigenvalue weighted by molar-refractivity contribution is 5.27. The van der Waals surface area contributed by atoms with E-state index < -0.39 is 5.60 Å². The molecule has 1 heterocycles. The highest BCUT2D eigenvalue weighted by atomic mass is 16.3. The fourth-order valence-corrected chi connectivity index (χ4v) is 2.70. The fourth-order valence-electron chi connectivity index (χ4n) is 2.70. The molecule has 21 heavy (non-hydrogen) atoms. The van der Waals surface area contributed by atoms with E-state index in [-0.39, 0.29) is 0 Å². The topological polar surface area (TPSA) is 46.0 Å². The van der Waals surface area contributed by atoms with Crippen molar-refractivity contribution in [2.45, 2.75) is 52.6 Å². The molecule has 0 aliphatic heterocycles. The molecule has 0 saturated carbocycles. The number of hydrogen-bond acceptors (Lipinski definition) is 3. The number of benzene rings is 1. The number of rotatable bonds is 5. The molecule has 3 nitrogen and oxygen atoms in total. The maximum absolute atomic E-state index is 11.2. The van der Waals surface area contributed by atoms with Crippen LogP contribution in [0, 0.1) is 20.8 Å². The zero-order valence-electron chi connectivity index (χ0n) is 13.3. The summed E-state index contributed by atoms with van der Waals surface area (Å²) in [7, 11) is 0. The Hall–Kier alpha value is -1.74. The van der Waals surface area contributed by atoms with Crippen LogP contribution in [-0.4, -0.2) is 15.1 Å². The molecule has 0 spiro atoms. The Morgan fingerprint density at radius 1 is 0.952 bits per heavy atom. The van der Waals surface area contributed by atoms with Crippen molar-refractivity contribution < 1.29 is 5.11 Å². The van der Waals surface area contributed by atoms with Crippen LogP contribution in [0.25, 0.3) is 0 Å². The van der Waals surface area contributed by atoms with E-state index in [1.165, 1.54) is 0 Å². The highest BCUT2D eigenvalue weighted by Crippen LogP contribution is 2.30. The summed E-state index contributed by atoms with van der Waals surface area (Å²) < 4.78 is 0. The predicted octanol–water partition coefficient (Wildman–Crippen LogP) is 3.63. The third kappa shape index (κ3) is 3.48. The SMILES string of the molecule is CCCC(O)(Cc1nc(C)c(C)nc1C)c1ccccc1. The molecule has 0 bridgehead atoms. The number of hydrogen-bond donors (Lipinski definition) is 1. The molecule has 0 aliphatic rings. The van der Waals surface area contributed by atoms with E-state index in [1.54, 1.807) is 0 Å². The van der Waals surface area contributed by atoms with Gasteiger partial charge in [0.15, 0.2) is 0 Å². The summed E-state index contributed by atoms with van der Waals surface area (Å²) >= 11 is 0. The van der Waals surface area contributed by atoms with Crippen molar-refractivity contribution in [2.75, 3.05) is 0 Å². The average molecular weight is 284 g/mol. The smallest absolute Gasteiger partial charge is 0.0952 e. The van der Waals surface area contributed by atoms with Crippen LogP contribution >= 0.6 is 0 Å². The van der Waals surface area contributed by atoms with Gasteiger partial charge in [0.1, 0.15) is 0 Å². The molecule has 2 rings (SSSR count). The van der Waals surface area contributed by atoms with Gasteiger partial charge < -0.3 is 5.11 Å². The molecule has 3 heteroatoms. The minimum absolute atomic E-state index is 0.505. The van der Waals surface area contributed by atoms with Crippen molar-refractivity contribution in [1.29, 1.82) is 0 Å². The number of nitrogens with zero attached hydrogens (tertiary/aromatic N) is 2. The van der Waals surface area contributed by atoms with E-state index in [2.05, 4.69) is 16.9 Å². The Morgan fingerprint density at radius 2 is 1.57 bits per heavy atom. The van der Waals surface area contributed by atoms with Gasteiger partial charge in [-0.2, -0.15) is 0 Å². The fraction of sp³-hybridized carbons (Fsp3) is 0.444. The summed E-state index contributed by atoms with van der Waals surface area (Å²) in [5.74, 6) is 0. The molecule has 1 aromatic heterocycles. The maximum atomic E-state index is 11.2. The van der Waals surface area contributed by atoms with Crippen LogP contribution in [0.1, 0.15) is 48.1 Å². The molecule has 0 aliphatic carbocycles. The summed E-state index contributed by atoms with van der Waals surface area (Å²) in [5, 5.41) is 11.2. The van der Waals surface area contributed by atoms with Gasteiger partial charge in [0.2, 0.25) is 0 Å². The standard InChI is InChI=1S/C18H24N2O/c1-5-11-18(21,16-9-7-6-8-10-16)12-17-15(4)19-13(2)14(3)20-17/h6-10,21H,5,11-12H2,1-4H3. The van der Waals surface area contributed by atoms with Gasteiger partial charge in [-0.3, -0.25) is 9.97 Å². The monoisotopic (exact) mass is 284 g/mol. The molecule has 2 aromatic rings. The zero-order chi connectivity index (χ0) is 15.5. The van der Waals surface area contributed by atoms with E-state index in [0.29, 0.717) is 12.8 Å². The van der Waals surface area contributed by atoms with Gasteiger partial charge in [0, 0.05) is 6.42 Å². The van der Waals surface area contributed by atoms with E-state index in [0.717, 1.165) is 34.8 Å². The van der Waals surface area contributed by atoms with Crippen LogP contribution in [-0.2, 0) is 12.0 Å². The lowest BCUT2D eigenvalue weighted by atomic mass is 9.84. The summed E-state index contributed by atoms with van der Waals surface area (Å²) in [6, 6.07) is 9.87. The first-order chi connectivity index (χ1) is 9.96. The number of aryl methyl sites for hydroxylation is 3. The zero-order valence-corrected chi connectivity index (χ0v) is 13.3. The third-order valence-electron chi connectivity index (χ3n) is 4.01. The maximum Gasteiger partial charge on any atom is 0.0952 e. The van der Waals surface area contributed by atoms with Crippen molar-refractivity contribution in [3.63, 3.8) is 0 Å². The average Bonchev–Trinajstić information content (AvgIpc) is 2.46. The summed E-state index contributed by atoms with van der Waals surface area (Å²) in [6.07, 6.45) is 2.14. The second kappa shape index (κ2) is 6.35. The molecule has 0 fully saturated rings.